The predicted octanol–water partition coefficient (Wildman–Crippen LogP) is 10.7. The van der Waals surface area contributed by atoms with Gasteiger partial charge in [0.1, 0.15) is 0 Å². The second-order valence-electron chi connectivity index (χ2n) is 12.0. The van der Waals surface area contributed by atoms with Crippen LogP contribution in [-0.4, -0.2) is 9.13 Å². The fraction of sp³-hybridized carbons (Fsp3) is 0.0976. The Bertz CT molecular complexity index is 2500. The number of benzene rings is 6. The molecule has 0 bridgehead atoms. The van der Waals surface area contributed by atoms with Crippen molar-refractivity contribution < 1.29 is 0 Å². The van der Waals surface area contributed by atoms with Gasteiger partial charge in [0, 0.05) is 27.1 Å². The second kappa shape index (κ2) is 9.73. The summed E-state index contributed by atoms with van der Waals surface area (Å²) in [6.07, 6.45) is 0. The average Bonchev–Trinajstić information content (AvgIpc) is 3.55. The maximum Gasteiger partial charge on any atom is 0.0998 e. The number of nitrogens with zero attached hydrogens (tertiary/aromatic N) is 3. The van der Waals surface area contributed by atoms with Crippen molar-refractivity contribution in [3.8, 4) is 28.6 Å². The molecule has 0 radical (unpaired) electrons. The minimum Gasteiger partial charge on any atom is -0.307 e. The van der Waals surface area contributed by atoms with Crippen molar-refractivity contribution >= 4 is 43.6 Å². The fourth-order valence-corrected chi connectivity index (χ4v) is 7.28. The van der Waals surface area contributed by atoms with Crippen LogP contribution in [0.1, 0.15) is 27.8 Å². The van der Waals surface area contributed by atoms with E-state index in [4.69, 9.17) is 0 Å². The van der Waals surface area contributed by atoms with E-state index in [9.17, 15) is 5.26 Å². The number of hydrogen-bond acceptors (Lipinski definition) is 1. The molecule has 0 aliphatic heterocycles. The zero-order valence-corrected chi connectivity index (χ0v) is 25.3. The van der Waals surface area contributed by atoms with Crippen molar-refractivity contribution in [2.75, 3.05) is 0 Å². The van der Waals surface area contributed by atoms with Gasteiger partial charge in [0.15, 0.2) is 0 Å². The van der Waals surface area contributed by atoms with E-state index in [1.54, 1.807) is 0 Å². The van der Waals surface area contributed by atoms with E-state index in [1.807, 2.05) is 0 Å². The Kier molecular flexibility index (Phi) is 5.76. The van der Waals surface area contributed by atoms with Crippen molar-refractivity contribution in [3.63, 3.8) is 0 Å². The molecule has 2 aromatic heterocycles. The molecule has 0 N–H and O–H groups in total. The predicted molar refractivity (Wildman–Crippen MR) is 184 cm³/mol. The van der Waals surface area contributed by atoms with Crippen LogP contribution in [0.5, 0.6) is 0 Å². The molecule has 2 heterocycles. The van der Waals surface area contributed by atoms with E-state index >= 15 is 0 Å². The highest BCUT2D eigenvalue weighted by molar-refractivity contribution is 6.13. The molecule has 0 saturated carbocycles. The minimum atomic E-state index is 0.659. The first-order valence-electron chi connectivity index (χ1n) is 15.1. The highest BCUT2D eigenvalue weighted by Gasteiger charge is 2.23. The second-order valence-corrected chi connectivity index (χ2v) is 12.0. The van der Waals surface area contributed by atoms with Gasteiger partial charge >= 0.3 is 0 Å². The molecule has 0 amide bonds. The lowest BCUT2D eigenvalue weighted by Crippen LogP contribution is -2.06. The van der Waals surface area contributed by atoms with Crippen molar-refractivity contribution in [2.45, 2.75) is 27.7 Å². The molecule has 0 spiro atoms. The number of aryl methyl sites for hydroxylation is 4. The van der Waals surface area contributed by atoms with Gasteiger partial charge in [-0.25, -0.2) is 0 Å². The lowest BCUT2D eigenvalue weighted by molar-refractivity contribution is 1.09. The molecule has 6 aromatic carbocycles. The summed E-state index contributed by atoms with van der Waals surface area (Å²) in [5, 5.41) is 15.6. The van der Waals surface area contributed by atoms with Crippen LogP contribution in [0.15, 0.2) is 115 Å². The van der Waals surface area contributed by atoms with Crippen molar-refractivity contribution in [1.29, 1.82) is 5.26 Å². The lowest BCUT2D eigenvalue weighted by atomic mass is 9.94. The fourth-order valence-electron chi connectivity index (χ4n) is 7.28. The Morgan fingerprint density at radius 1 is 0.477 bits per heavy atom. The molecule has 210 valence electrons. The van der Waals surface area contributed by atoms with Crippen LogP contribution in [0.3, 0.4) is 0 Å². The number of rotatable bonds is 3. The smallest absolute Gasteiger partial charge is 0.0998 e. The normalized spacial score (nSPS) is 11.6. The van der Waals surface area contributed by atoms with Gasteiger partial charge in [-0.2, -0.15) is 5.26 Å². The van der Waals surface area contributed by atoms with E-state index in [0.717, 1.165) is 50.1 Å². The highest BCUT2D eigenvalue weighted by Crippen LogP contribution is 2.42. The van der Waals surface area contributed by atoms with Gasteiger partial charge in [0.2, 0.25) is 0 Å². The van der Waals surface area contributed by atoms with Gasteiger partial charge < -0.3 is 9.13 Å². The molecule has 3 heteroatoms. The number of aromatic nitrogens is 2. The summed E-state index contributed by atoms with van der Waals surface area (Å²) in [4.78, 5) is 0. The van der Waals surface area contributed by atoms with E-state index < -0.39 is 0 Å². The quantitative estimate of drug-likeness (QED) is 0.210. The molecule has 0 fully saturated rings. The third-order valence-corrected chi connectivity index (χ3v) is 9.20. The van der Waals surface area contributed by atoms with Gasteiger partial charge in [-0.05, 0) is 86.3 Å². The lowest BCUT2D eigenvalue weighted by Gasteiger charge is -2.20. The summed E-state index contributed by atoms with van der Waals surface area (Å²) in [6.45, 7) is 8.62. The van der Waals surface area contributed by atoms with Crippen LogP contribution in [0, 0.1) is 39.0 Å². The summed E-state index contributed by atoms with van der Waals surface area (Å²) in [5.41, 5.74) is 14.1. The van der Waals surface area contributed by atoms with Crippen molar-refractivity contribution in [1.82, 2.24) is 9.13 Å². The van der Waals surface area contributed by atoms with E-state index in [-0.39, 0.29) is 0 Å². The summed E-state index contributed by atoms with van der Waals surface area (Å²) in [7, 11) is 0. The maximum atomic E-state index is 10.7. The number of fused-ring (bicyclic) bond motifs is 6. The van der Waals surface area contributed by atoms with Crippen LogP contribution in [0.2, 0.25) is 0 Å². The van der Waals surface area contributed by atoms with Crippen LogP contribution < -0.4 is 0 Å². The van der Waals surface area contributed by atoms with E-state index in [1.165, 1.54) is 38.2 Å². The topological polar surface area (TPSA) is 33.6 Å². The molecule has 0 unspecified atom stereocenters. The van der Waals surface area contributed by atoms with Crippen molar-refractivity contribution in [2.24, 2.45) is 0 Å². The van der Waals surface area contributed by atoms with Gasteiger partial charge in [-0.3, -0.25) is 0 Å². The minimum absolute atomic E-state index is 0.659. The molecule has 0 aliphatic rings. The third kappa shape index (κ3) is 3.68. The Balaban J connectivity index is 1.60. The van der Waals surface area contributed by atoms with Gasteiger partial charge in [0.05, 0.1) is 45.1 Å². The first-order chi connectivity index (χ1) is 21.5. The number of nitriles is 1. The molecule has 8 rings (SSSR count). The van der Waals surface area contributed by atoms with E-state index in [0.29, 0.717) is 5.56 Å². The van der Waals surface area contributed by atoms with Crippen LogP contribution >= 0.6 is 0 Å². The van der Waals surface area contributed by atoms with Gasteiger partial charge in [0.25, 0.3) is 0 Å². The number of para-hydroxylation sites is 2. The Labute approximate surface area is 256 Å². The Morgan fingerprint density at radius 2 is 1.00 bits per heavy atom. The molecule has 0 saturated heterocycles. The monoisotopic (exact) mass is 565 g/mol. The third-order valence-electron chi connectivity index (χ3n) is 9.20. The van der Waals surface area contributed by atoms with Crippen LogP contribution in [0.25, 0.3) is 66.1 Å². The molecule has 8 aromatic rings. The molecule has 0 aliphatic carbocycles. The summed E-state index contributed by atoms with van der Waals surface area (Å²) in [5.74, 6) is 0. The van der Waals surface area contributed by atoms with E-state index in [2.05, 4.69) is 158 Å². The summed E-state index contributed by atoms with van der Waals surface area (Å²) < 4.78 is 4.76. The SMILES string of the molecule is Cc1ccc(-c2cc(-n3c4ccccc4c4c(C)cccc43)c(-n3c4ccccc4c4c(C)cccc43)cc2C#N)c(C)c1. The highest BCUT2D eigenvalue weighted by atomic mass is 15.1. The first kappa shape index (κ1) is 26.1. The average molecular weight is 566 g/mol. The summed E-state index contributed by atoms with van der Waals surface area (Å²) >= 11 is 0. The van der Waals surface area contributed by atoms with Crippen LogP contribution in [0.4, 0.5) is 0 Å². The van der Waals surface area contributed by atoms with Gasteiger partial charge in [-0.15, -0.1) is 0 Å². The standard InChI is InChI=1S/C41H31N3/c1-25-19-20-30(28(4)21-25)33-23-39(44-35-16-8-6-14-32(35)41-27(3)12-10-18-37(41)44)38(22-29(33)24-42)43-34-15-7-5-13-31(34)40-26(2)11-9-17-36(40)43/h5-23H,1-4H3. The zero-order chi connectivity index (χ0) is 30.1. The van der Waals surface area contributed by atoms with Crippen molar-refractivity contribution in [3.05, 3.63) is 143 Å². The molecule has 0 atom stereocenters. The molecule has 3 nitrogen and oxygen atoms in total. The molecular weight excluding hydrogens is 534 g/mol. The van der Waals surface area contributed by atoms with Crippen LogP contribution in [-0.2, 0) is 0 Å². The zero-order valence-electron chi connectivity index (χ0n) is 25.3. The summed E-state index contributed by atoms with van der Waals surface area (Å²) in [6, 6.07) is 43.8. The Hall–Kier alpha value is -5.59. The largest absolute Gasteiger partial charge is 0.307 e. The molecule has 44 heavy (non-hydrogen) atoms. The molecular formula is C41H31N3. The number of hydrogen-bond donors (Lipinski definition) is 0. The first-order valence-corrected chi connectivity index (χ1v) is 15.1. The maximum absolute atomic E-state index is 10.7. The van der Waals surface area contributed by atoms with Gasteiger partial charge in [-0.1, -0.05) is 84.4 Å². The Morgan fingerprint density at radius 3 is 1.55 bits per heavy atom.